The number of nitrogens with zero attached hydrogens (tertiary/aromatic N) is 2. The van der Waals surface area contributed by atoms with Gasteiger partial charge in [0.15, 0.2) is 0 Å². The predicted molar refractivity (Wildman–Crippen MR) is 82.9 cm³/mol. The number of aromatic nitrogens is 2. The van der Waals surface area contributed by atoms with Crippen LogP contribution in [0.5, 0.6) is 0 Å². The van der Waals surface area contributed by atoms with Crippen LogP contribution in [0.4, 0.5) is 0 Å². The summed E-state index contributed by atoms with van der Waals surface area (Å²) >= 11 is 6.29. The second-order valence-corrected chi connectivity index (χ2v) is 5.90. The van der Waals surface area contributed by atoms with Crippen molar-refractivity contribution >= 4 is 22.6 Å². The van der Waals surface area contributed by atoms with Crippen LogP contribution in [0.25, 0.3) is 11.0 Å². The topological polar surface area (TPSA) is 17.8 Å². The Morgan fingerprint density at radius 2 is 2.05 bits per heavy atom. The first-order valence-electron chi connectivity index (χ1n) is 7.25. The number of halogens is 1. The fraction of sp³-hybridized carbons (Fsp3) is 0.562. The number of rotatable bonds is 6. The molecular weight excluding hydrogens is 256 g/mol. The van der Waals surface area contributed by atoms with E-state index in [2.05, 4.69) is 36.6 Å². The standard InChI is InChI=1S/C16H23ClN2/c1-4-5-6-7-11-19-15-12(2)9-8-10-14(15)18-16(19)13(3)17/h8-10,13H,4-7,11H2,1-3H3. The summed E-state index contributed by atoms with van der Waals surface area (Å²) < 4.78 is 2.32. The molecular formula is C16H23ClN2. The molecule has 0 spiro atoms. The van der Waals surface area contributed by atoms with Crippen molar-refractivity contribution in [2.24, 2.45) is 0 Å². The van der Waals surface area contributed by atoms with Gasteiger partial charge < -0.3 is 4.57 Å². The maximum Gasteiger partial charge on any atom is 0.127 e. The first-order valence-corrected chi connectivity index (χ1v) is 7.68. The SMILES string of the molecule is CCCCCCn1c(C(C)Cl)nc2cccc(C)c21. The van der Waals surface area contributed by atoms with Gasteiger partial charge in [0.05, 0.1) is 16.4 Å². The van der Waals surface area contributed by atoms with Crippen molar-refractivity contribution in [3.8, 4) is 0 Å². The van der Waals surface area contributed by atoms with Crippen LogP contribution < -0.4 is 0 Å². The summed E-state index contributed by atoms with van der Waals surface area (Å²) in [6.07, 6.45) is 5.04. The molecule has 0 amide bonds. The van der Waals surface area contributed by atoms with Crippen LogP contribution >= 0.6 is 11.6 Å². The minimum absolute atomic E-state index is 0.0435. The first kappa shape index (κ1) is 14.4. The van der Waals surface area contributed by atoms with E-state index in [-0.39, 0.29) is 5.38 Å². The van der Waals surface area contributed by atoms with Gasteiger partial charge >= 0.3 is 0 Å². The molecule has 2 nitrogen and oxygen atoms in total. The van der Waals surface area contributed by atoms with Gasteiger partial charge in [-0.15, -0.1) is 11.6 Å². The highest BCUT2D eigenvalue weighted by molar-refractivity contribution is 6.20. The highest BCUT2D eigenvalue weighted by Crippen LogP contribution is 2.27. The fourth-order valence-electron chi connectivity index (χ4n) is 2.61. The lowest BCUT2D eigenvalue weighted by atomic mass is 10.2. The molecule has 0 aliphatic carbocycles. The Balaban J connectivity index is 2.34. The molecule has 0 saturated heterocycles. The van der Waals surface area contributed by atoms with Gasteiger partial charge in [-0.05, 0) is 31.9 Å². The highest BCUT2D eigenvalue weighted by atomic mass is 35.5. The molecule has 19 heavy (non-hydrogen) atoms. The van der Waals surface area contributed by atoms with Gasteiger partial charge in [0, 0.05) is 6.54 Å². The number of para-hydroxylation sites is 1. The predicted octanol–water partition coefficient (Wildman–Crippen LogP) is 5.22. The van der Waals surface area contributed by atoms with E-state index >= 15 is 0 Å². The quantitative estimate of drug-likeness (QED) is 0.523. The Kier molecular flexibility index (Phi) is 4.87. The zero-order valence-corrected chi connectivity index (χ0v) is 12.9. The summed E-state index contributed by atoms with van der Waals surface area (Å²) in [5.41, 5.74) is 3.60. The third-order valence-corrected chi connectivity index (χ3v) is 3.78. The number of hydrogen-bond donors (Lipinski definition) is 0. The number of fused-ring (bicyclic) bond motifs is 1. The van der Waals surface area contributed by atoms with Gasteiger partial charge in [-0.25, -0.2) is 4.98 Å². The largest absolute Gasteiger partial charge is 0.327 e. The van der Waals surface area contributed by atoms with E-state index in [0.29, 0.717) is 0 Å². The Hall–Kier alpha value is -1.02. The van der Waals surface area contributed by atoms with Crippen LogP contribution in [0.3, 0.4) is 0 Å². The molecule has 2 aromatic rings. The van der Waals surface area contributed by atoms with E-state index in [4.69, 9.17) is 16.6 Å². The molecule has 2 rings (SSSR count). The third kappa shape index (κ3) is 3.11. The maximum atomic E-state index is 6.29. The number of imidazole rings is 1. The van der Waals surface area contributed by atoms with E-state index in [0.717, 1.165) is 17.9 Å². The molecule has 0 N–H and O–H groups in total. The number of hydrogen-bond acceptors (Lipinski definition) is 1. The Morgan fingerprint density at radius 1 is 1.26 bits per heavy atom. The van der Waals surface area contributed by atoms with Crippen molar-refractivity contribution < 1.29 is 0 Å². The van der Waals surface area contributed by atoms with E-state index in [1.165, 1.54) is 36.8 Å². The zero-order valence-electron chi connectivity index (χ0n) is 12.1. The maximum absolute atomic E-state index is 6.29. The lowest BCUT2D eigenvalue weighted by Gasteiger charge is -2.11. The van der Waals surface area contributed by atoms with Crippen molar-refractivity contribution in [2.75, 3.05) is 0 Å². The van der Waals surface area contributed by atoms with Crippen molar-refractivity contribution in [1.29, 1.82) is 0 Å². The summed E-state index contributed by atoms with van der Waals surface area (Å²) in [6.45, 7) is 7.41. The molecule has 0 aliphatic heterocycles. The minimum atomic E-state index is -0.0435. The second-order valence-electron chi connectivity index (χ2n) is 5.24. The van der Waals surface area contributed by atoms with Crippen LogP contribution in [0.15, 0.2) is 18.2 Å². The lowest BCUT2D eigenvalue weighted by molar-refractivity contribution is 0.574. The number of benzene rings is 1. The molecule has 1 unspecified atom stereocenters. The van der Waals surface area contributed by atoms with Crippen molar-refractivity contribution in [3.05, 3.63) is 29.6 Å². The molecule has 0 radical (unpaired) electrons. The van der Waals surface area contributed by atoms with E-state index in [1.54, 1.807) is 0 Å². The molecule has 3 heteroatoms. The molecule has 1 aromatic carbocycles. The molecule has 0 fully saturated rings. The zero-order chi connectivity index (χ0) is 13.8. The van der Waals surface area contributed by atoms with Gasteiger partial charge in [-0.2, -0.15) is 0 Å². The van der Waals surface area contributed by atoms with Crippen LogP contribution in [0.1, 0.15) is 56.3 Å². The van der Waals surface area contributed by atoms with Crippen LogP contribution in [-0.4, -0.2) is 9.55 Å². The number of unbranched alkanes of at least 4 members (excludes halogenated alkanes) is 3. The molecule has 0 bridgehead atoms. The normalized spacial score (nSPS) is 13.1. The van der Waals surface area contributed by atoms with Gasteiger partial charge in [0.2, 0.25) is 0 Å². The second kappa shape index (κ2) is 6.42. The molecule has 1 aromatic heterocycles. The monoisotopic (exact) mass is 278 g/mol. The molecule has 0 aliphatic rings. The Labute approximate surface area is 120 Å². The van der Waals surface area contributed by atoms with Gasteiger partial charge in [0.1, 0.15) is 5.82 Å². The van der Waals surface area contributed by atoms with Crippen LogP contribution in [-0.2, 0) is 6.54 Å². The summed E-state index contributed by atoms with van der Waals surface area (Å²) in [5, 5.41) is -0.0435. The third-order valence-electron chi connectivity index (χ3n) is 3.59. The van der Waals surface area contributed by atoms with Crippen molar-refractivity contribution in [3.63, 3.8) is 0 Å². The average Bonchev–Trinajstić information content (AvgIpc) is 2.75. The average molecular weight is 279 g/mol. The highest BCUT2D eigenvalue weighted by Gasteiger charge is 2.15. The van der Waals surface area contributed by atoms with E-state index in [9.17, 15) is 0 Å². The Morgan fingerprint density at radius 3 is 2.74 bits per heavy atom. The molecule has 0 saturated carbocycles. The lowest BCUT2D eigenvalue weighted by Crippen LogP contribution is -2.05. The van der Waals surface area contributed by atoms with Crippen LogP contribution in [0, 0.1) is 6.92 Å². The molecule has 1 atom stereocenters. The first-order chi connectivity index (χ1) is 9.15. The molecule has 1 heterocycles. The Bertz CT molecular complexity index is 543. The summed E-state index contributed by atoms with van der Waals surface area (Å²) in [6, 6.07) is 6.29. The van der Waals surface area contributed by atoms with Gasteiger partial charge in [-0.3, -0.25) is 0 Å². The summed E-state index contributed by atoms with van der Waals surface area (Å²) in [5.74, 6) is 1.00. The summed E-state index contributed by atoms with van der Waals surface area (Å²) in [4.78, 5) is 4.70. The van der Waals surface area contributed by atoms with E-state index in [1.807, 2.05) is 6.92 Å². The smallest absolute Gasteiger partial charge is 0.127 e. The minimum Gasteiger partial charge on any atom is -0.327 e. The van der Waals surface area contributed by atoms with E-state index < -0.39 is 0 Å². The van der Waals surface area contributed by atoms with Gasteiger partial charge in [-0.1, -0.05) is 38.3 Å². The van der Waals surface area contributed by atoms with Crippen molar-refractivity contribution in [2.45, 2.75) is 58.4 Å². The molecule has 104 valence electrons. The van der Waals surface area contributed by atoms with Gasteiger partial charge in [0.25, 0.3) is 0 Å². The van der Waals surface area contributed by atoms with Crippen LogP contribution in [0.2, 0.25) is 0 Å². The summed E-state index contributed by atoms with van der Waals surface area (Å²) in [7, 11) is 0. The number of aryl methyl sites for hydroxylation is 2. The fourth-order valence-corrected chi connectivity index (χ4v) is 2.78. The number of alkyl halides is 1. The van der Waals surface area contributed by atoms with Crippen molar-refractivity contribution in [1.82, 2.24) is 9.55 Å².